The summed E-state index contributed by atoms with van der Waals surface area (Å²) < 4.78 is 51.3. The van der Waals surface area contributed by atoms with E-state index in [1.54, 1.807) is 0 Å². The minimum Gasteiger partial charge on any atom is -0.204 e. The summed E-state index contributed by atoms with van der Waals surface area (Å²) in [6.07, 6.45) is 0.330. The van der Waals surface area contributed by atoms with Crippen molar-refractivity contribution in [3.8, 4) is 11.8 Å². The molecule has 0 aromatic heterocycles. The van der Waals surface area contributed by atoms with Crippen molar-refractivity contribution in [3.63, 3.8) is 0 Å². The molecule has 1 aromatic rings. The van der Waals surface area contributed by atoms with E-state index in [1.807, 2.05) is 0 Å². The third-order valence-electron chi connectivity index (χ3n) is 1.54. The summed E-state index contributed by atoms with van der Waals surface area (Å²) in [7, 11) is 0. The Morgan fingerprint density at radius 3 is 2.07 bits per heavy atom. The molecule has 0 heterocycles. The van der Waals surface area contributed by atoms with Crippen LogP contribution in [0.4, 0.5) is 17.6 Å². The Morgan fingerprint density at radius 2 is 1.60 bits per heavy atom. The second-order valence-corrected chi connectivity index (χ2v) is 3.38. The summed E-state index contributed by atoms with van der Waals surface area (Å²) in [4.78, 5) is 0. The van der Waals surface area contributed by atoms with Crippen molar-refractivity contribution in [2.24, 2.45) is 0 Å². The minimum absolute atomic E-state index is 0.153. The fourth-order valence-corrected chi connectivity index (χ4v) is 1.08. The molecular weight excluding hydrogens is 276 g/mol. The fraction of sp³-hybridized carbons (Fsp3) is 0.200. The Balaban J connectivity index is 3.23. The Labute approximate surface area is 92.4 Å². The largest absolute Gasteiger partial charge is 0.204 e. The zero-order chi connectivity index (χ0) is 11.4. The summed E-state index contributed by atoms with van der Waals surface area (Å²) in [5, 5.41) is 0.515. The first-order valence-electron chi connectivity index (χ1n) is 3.95. The van der Waals surface area contributed by atoms with Gasteiger partial charge in [0.05, 0.1) is 0 Å². The van der Waals surface area contributed by atoms with E-state index in [0.717, 1.165) is 0 Å². The Hall–Kier alpha value is -1.02. The van der Waals surface area contributed by atoms with Crippen molar-refractivity contribution in [2.75, 3.05) is 5.33 Å². The van der Waals surface area contributed by atoms with Gasteiger partial charge in [-0.3, -0.25) is 0 Å². The maximum atomic E-state index is 13.0. The molecule has 0 amide bonds. The van der Waals surface area contributed by atoms with Crippen LogP contribution < -0.4 is 0 Å². The van der Waals surface area contributed by atoms with Crippen molar-refractivity contribution in [2.45, 2.75) is 6.42 Å². The molecule has 5 heteroatoms. The maximum absolute atomic E-state index is 13.0. The Bertz CT molecular complexity index is 405. The van der Waals surface area contributed by atoms with Gasteiger partial charge in [-0.25, -0.2) is 17.6 Å². The zero-order valence-corrected chi connectivity index (χ0v) is 8.97. The van der Waals surface area contributed by atoms with E-state index in [4.69, 9.17) is 0 Å². The molecule has 1 aromatic carbocycles. The molecule has 80 valence electrons. The normalized spacial score (nSPS) is 9.67. The second kappa shape index (κ2) is 5.17. The Kier molecular flexibility index (Phi) is 4.15. The highest BCUT2D eigenvalue weighted by Gasteiger charge is 2.17. The zero-order valence-electron chi connectivity index (χ0n) is 7.38. The molecule has 0 spiro atoms. The highest BCUT2D eigenvalue weighted by atomic mass is 79.9. The molecule has 15 heavy (non-hydrogen) atoms. The van der Waals surface area contributed by atoms with Gasteiger partial charge in [-0.1, -0.05) is 27.8 Å². The monoisotopic (exact) mass is 280 g/mol. The van der Waals surface area contributed by atoms with Crippen LogP contribution in [-0.4, -0.2) is 5.33 Å². The molecule has 0 saturated heterocycles. The number of benzene rings is 1. The molecule has 0 nitrogen and oxygen atoms in total. The minimum atomic E-state index is -1.46. The average molecular weight is 281 g/mol. The summed E-state index contributed by atoms with van der Waals surface area (Å²) in [6, 6.07) is 0.153. The molecule has 1 rings (SSSR count). The van der Waals surface area contributed by atoms with E-state index in [2.05, 4.69) is 27.8 Å². The van der Waals surface area contributed by atoms with Crippen molar-refractivity contribution in [3.05, 3.63) is 34.9 Å². The maximum Gasteiger partial charge on any atom is 0.177 e. The molecule has 0 fully saturated rings. The number of halogens is 5. The smallest absolute Gasteiger partial charge is 0.177 e. The highest BCUT2D eigenvalue weighted by molar-refractivity contribution is 9.09. The molecule has 0 radical (unpaired) electrons. The van der Waals surface area contributed by atoms with E-state index in [9.17, 15) is 17.6 Å². The Morgan fingerprint density at radius 1 is 1.07 bits per heavy atom. The van der Waals surface area contributed by atoms with Gasteiger partial charge in [0.25, 0.3) is 0 Å². The van der Waals surface area contributed by atoms with Crippen LogP contribution in [0.3, 0.4) is 0 Å². The molecule has 0 aliphatic heterocycles. The van der Waals surface area contributed by atoms with Gasteiger partial charge in [-0.15, -0.1) is 0 Å². The van der Waals surface area contributed by atoms with Crippen LogP contribution in [0.5, 0.6) is 0 Å². The van der Waals surface area contributed by atoms with Gasteiger partial charge in [0, 0.05) is 17.8 Å². The molecule has 0 aliphatic carbocycles. The van der Waals surface area contributed by atoms with E-state index in [-0.39, 0.29) is 6.07 Å². The van der Waals surface area contributed by atoms with E-state index < -0.39 is 28.8 Å². The highest BCUT2D eigenvalue weighted by Crippen LogP contribution is 2.18. The van der Waals surface area contributed by atoms with Crippen molar-refractivity contribution in [1.29, 1.82) is 0 Å². The predicted molar refractivity (Wildman–Crippen MR) is 51.6 cm³/mol. The summed E-state index contributed by atoms with van der Waals surface area (Å²) in [5.74, 6) is -1.39. The molecule has 0 unspecified atom stereocenters. The number of alkyl halides is 1. The number of hydrogen-bond donors (Lipinski definition) is 0. The molecule has 0 atom stereocenters. The second-order valence-electron chi connectivity index (χ2n) is 2.58. The van der Waals surface area contributed by atoms with E-state index >= 15 is 0 Å². The van der Waals surface area contributed by atoms with Gasteiger partial charge in [0.1, 0.15) is 5.56 Å². The predicted octanol–water partition coefficient (Wildman–Crippen LogP) is 3.38. The molecule has 0 N–H and O–H groups in total. The van der Waals surface area contributed by atoms with Crippen LogP contribution >= 0.6 is 15.9 Å². The summed E-state index contributed by atoms with van der Waals surface area (Å²) in [5.41, 5.74) is -0.867. The van der Waals surface area contributed by atoms with Crippen LogP contribution in [-0.2, 0) is 0 Å². The van der Waals surface area contributed by atoms with Gasteiger partial charge in [0.15, 0.2) is 23.3 Å². The van der Waals surface area contributed by atoms with Gasteiger partial charge in [0.2, 0.25) is 0 Å². The van der Waals surface area contributed by atoms with Crippen LogP contribution in [0.25, 0.3) is 0 Å². The lowest BCUT2D eigenvalue weighted by Gasteiger charge is -1.99. The van der Waals surface area contributed by atoms with E-state index in [1.165, 1.54) is 0 Å². The van der Waals surface area contributed by atoms with Crippen LogP contribution in [0, 0.1) is 35.1 Å². The van der Waals surface area contributed by atoms with Gasteiger partial charge < -0.3 is 0 Å². The number of rotatable bonds is 1. The third-order valence-corrected chi connectivity index (χ3v) is 1.94. The van der Waals surface area contributed by atoms with Crippen molar-refractivity contribution >= 4 is 15.9 Å². The average Bonchev–Trinajstić information content (AvgIpc) is 2.20. The van der Waals surface area contributed by atoms with Crippen LogP contribution in [0.15, 0.2) is 6.07 Å². The van der Waals surface area contributed by atoms with Gasteiger partial charge in [-0.2, -0.15) is 0 Å². The van der Waals surface area contributed by atoms with Crippen molar-refractivity contribution in [1.82, 2.24) is 0 Å². The first-order valence-corrected chi connectivity index (χ1v) is 5.08. The standard InChI is InChI=1S/C10H5BrF4/c11-4-2-1-3-6-9(14)7(12)5-8(13)10(6)15/h5H,2,4H2. The first kappa shape index (κ1) is 12.1. The van der Waals surface area contributed by atoms with E-state index in [0.29, 0.717) is 11.8 Å². The summed E-state index contributed by atoms with van der Waals surface area (Å²) >= 11 is 3.05. The van der Waals surface area contributed by atoms with Crippen molar-refractivity contribution < 1.29 is 17.6 Å². The quantitative estimate of drug-likeness (QED) is 0.320. The third kappa shape index (κ3) is 2.72. The number of hydrogen-bond acceptors (Lipinski definition) is 0. The first-order chi connectivity index (χ1) is 7.07. The molecule has 0 saturated carbocycles. The molecular formula is C10H5BrF4. The molecule has 0 aliphatic rings. The summed E-state index contributed by atoms with van der Waals surface area (Å²) in [6.45, 7) is 0. The topological polar surface area (TPSA) is 0 Å². The van der Waals surface area contributed by atoms with Gasteiger partial charge in [-0.05, 0) is 0 Å². The lowest BCUT2D eigenvalue weighted by molar-refractivity contribution is 0.450. The van der Waals surface area contributed by atoms with Crippen LogP contribution in [0.1, 0.15) is 12.0 Å². The fourth-order valence-electron chi connectivity index (χ4n) is 0.881. The lowest BCUT2D eigenvalue weighted by Crippen LogP contribution is -1.98. The lowest BCUT2D eigenvalue weighted by atomic mass is 10.2. The van der Waals surface area contributed by atoms with Crippen LogP contribution in [0.2, 0.25) is 0 Å². The SMILES string of the molecule is Fc1cc(F)c(F)c(C#CCCBr)c1F. The van der Waals surface area contributed by atoms with Gasteiger partial charge >= 0.3 is 0 Å². The molecule has 0 bridgehead atoms.